The van der Waals surface area contributed by atoms with Gasteiger partial charge in [-0.05, 0) is 75.1 Å². The zero-order chi connectivity index (χ0) is 25.9. The number of nitrogens with one attached hydrogen (secondary N) is 3. The van der Waals surface area contributed by atoms with Gasteiger partial charge < -0.3 is 15.5 Å². The fraction of sp³-hybridized carbons (Fsp3) is 0.160. The summed E-state index contributed by atoms with van der Waals surface area (Å²) in [7, 11) is -0.592. The molecule has 0 aliphatic heterocycles. The first kappa shape index (κ1) is 25.0. The quantitative estimate of drug-likeness (QED) is 0.328. The van der Waals surface area contributed by atoms with Crippen LogP contribution in [0.5, 0.6) is 0 Å². The van der Waals surface area contributed by atoms with Crippen LogP contribution < -0.4 is 15.4 Å². The number of nitrogens with zero attached hydrogens (tertiary/aromatic N) is 3. The Morgan fingerprint density at radius 3 is 2.28 bits per heavy atom. The molecule has 3 N–H and O–H groups in total. The highest BCUT2D eigenvalue weighted by Crippen LogP contribution is 2.28. The van der Waals surface area contributed by atoms with Crippen LogP contribution in [0.1, 0.15) is 5.56 Å². The summed E-state index contributed by atoms with van der Waals surface area (Å²) < 4.78 is 42.8. The molecule has 0 bridgehead atoms. The molecule has 0 atom stereocenters. The maximum Gasteiger partial charge on any atom is 0.263 e. The lowest BCUT2D eigenvalue weighted by atomic mass is 10.2. The van der Waals surface area contributed by atoms with E-state index in [1.54, 1.807) is 62.3 Å². The van der Waals surface area contributed by atoms with Crippen molar-refractivity contribution in [3.05, 3.63) is 78.1 Å². The molecule has 0 saturated heterocycles. The summed E-state index contributed by atoms with van der Waals surface area (Å²) in [6.45, 7) is 1.78. The number of hydrogen-bond donors (Lipinski definition) is 3. The lowest BCUT2D eigenvalue weighted by molar-refractivity contribution is -0.116. The number of hydrogen-bond acceptors (Lipinski definition) is 7. The van der Waals surface area contributed by atoms with Crippen LogP contribution in [0, 0.1) is 12.7 Å². The summed E-state index contributed by atoms with van der Waals surface area (Å²) in [6.07, 6.45) is 0. The van der Waals surface area contributed by atoms with Gasteiger partial charge in [-0.2, -0.15) is 0 Å². The third kappa shape index (κ3) is 5.93. The fourth-order valence-corrected chi connectivity index (χ4v) is 4.49. The van der Waals surface area contributed by atoms with Gasteiger partial charge in [-0.1, -0.05) is 18.2 Å². The average Bonchev–Trinajstić information content (AvgIpc) is 2.81. The smallest absolute Gasteiger partial charge is 0.263 e. The molecule has 0 aliphatic carbocycles. The number of carbonyl (C=O) groups excluding carboxylic acids is 1. The highest BCUT2D eigenvalue weighted by atomic mass is 32.2. The number of fused-ring (bicyclic) bond motifs is 1. The van der Waals surface area contributed by atoms with Gasteiger partial charge in [-0.25, -0.2) is 22.8 Å². The second kappa shape index (κ2) is 10.3. The molecular formula is C25H25FN6O3S. The first-order chi connectivity index (χ1) is 17.1. The lowest BCUT2D eigenvalue weighted by Crippen LogP contribution is -2.27. The normalized spacial score (nSPS) is 11.5. The van der Waals surface area contributed by atoms with Crippen LogP contribution in [0.2, 0.25) is 0 Å². The fourth-order valence-electron chi connectivity index (χ4n) is 3.43. The zero-order valence-corrected chi connectivity index (χ0v) is 20.7. The number of likely N-dealkylation sites (N-methyl/N-ethyl adjacent to an activating group) is 1. The Bertz CT molecular complexity index is 1540. The number of aryl methyl sites for hydroxylation is 1. The van der Waals surface area contributed by atoms with Gasteiger partial charge in [0.05, 0.1) is 22.5 Å². The van der Waals surface area contributed by atoms with Crippen molar-refractivity contribution >= 4 is 50.0 Å². The number of carbonyl (C=O) groups is 1. The van der Waals surface area contributed by atoms with E-state index >= 15 is 0 Å². The largest absolute Gasteiger partial charge is 0.337 e. The minimum absolute atomic E-state index is 0.0299. The molecule has 9 nitrogen and oxygen atoms in total. The average molecular weight is 509 g/mol. The molecule has 11 heteroatoms. The molecule has 0 saturated carbocycles. The van der Waals surface area contributed by atoms with Crippen molar-refractivity contribution in [3.63, 3.8) is 0 Å². The highest BCUT2D eigenvalue weighted by molar-refractivity contribution is 7.92. The van der Waals surface area contributed by atoms with Crippen LogP contribution in [0.3, 0.4) is 0 Å². The zero-order valence-electron chi connectivity index (χ0n) is 19.9. The van der Waals surface area contributed by atoms with E-state index in [0.717, 1.165) is 0 Å². The lowest BCUT2D eigenvalue weighted by Gasteiger charge is -2.15. The van der Waals surface area contributed by atoms with Crippen molar-refractivity contribution in [2.24, 2.45) is 0 Å². The molecule has 1 heterocycles. The Morgan fingerprint density at radius 2 is 1.61 bits per heavy atom. The van der Waals surface area contributed by atoms with Crippen molar-refractivity contribution in [3.8, 4) is 0 Å². The summed E-state index contributed by atoms with van der Waals surface area (Å²) in [4.78, 5) is 22.7. The van der Waals surface area contributed by atoms with E-state index in [2.05, 4.69) is 25.3 Å². The number of sulfonamides is 1. The molecule has 0 spiro atoms. The Hall–Kier alpha value is -4.09. The van der Waals surface area contributed by atoms with Crippen LogP contribution in [0.25, 0.3) is 11.0 Å². The standard InChI is InChI=1S/C25H25FN6O3S/c1-16-13-18(11-12-20(16)26)28-24-25(30-22-10-5-4-9-21(22)29-24)31-36(34,35)19-8-6-7-17(14-19)27-23(33)15-32(2)3/h4-14H,15H2,1-3H3,(H,27,33)(H,28,29)(H,30,31). The van der Waals surface area contributed by atoms with Gasteiger partial charge in [0.1, 0.15) is 5.82 Å². The van der Waals surface area contributed by atoms with Gasteiger partial charge in [0.25, 0.3) is 10.0 Å². The van der Waals surface area contributed by atoms with Gasteiger partial charge >= 0.3 is 0 Å². The number of rotatable bonds is 8. The SMILES string of the molecule is Cc1cc(Nc2nc3ccccc3nc2NS(=O)(=O)c2cccc(NC(=O)CN(C)C)c2)ccc1F. The van der Waals surface area contributed by atoms with Crippen molar-refractivity contribution in [2.75, 3.05) is 36.0 Å². The molecule has 4 aromatic rings. The van der Waals surface area contributed by atoms with Crippen LogP contribution in [0.15, 0.2) is 71.6 Å². The van der Waals surface area contributed by atoms with E-state index in [4.69, 9.17) is 0 Å². The number of aromatic nitrogens is 2. The Kier molecular flexibility index (Phi) is 7.13. The van der Waals surface area contributed by atoms with E-state index in [9.17, 15) is 17.6 Å². The molecule has 4 rings (SSSR count). The molecule has 0 radical (unpaired) electrons. The summed E-state index contributed by atoms with van der Waals surface area (Å²) in [5.74, 6) is -0.510. The highest BCUT2D eigenvalue weighted by Gasteiger charge is 2.20. The molecule has 36 heavy (non-hydrogen) atoms. The summed E-state index contributed by atoms with van der Waals surface area (Å²) in [6, 6.07) is 17.4. The van der Waals surface area contributed by atoms with Crippen molar-refractivity contribution in [1.29, 1.82) is 0 Å². The van der Waals surface area contributed by atoms with E-state index < -0.39 is 10.0 Å². The van der Waals surface area contributed by atoms with E-state index in [1.807, 2.05) is 0 Å². The molecule has 1 amide bonds. The maximum absolute atomic E-state index is 13.7. The van der Waals surface area contributed by atoms with Crippen LogP contribution in [-0.2, 0) is 14.8 Å². The number of amides is 1. The molecule has 186 valence electrons. The second-order valence-electron chi connectivity index (χ2n) is 8.42. The molecule has 0 unspecified atom stereocenters. The first-order valence-electron chi connectivity index (χ1n) is 11.0. The van der Waals surface area contributed by atoms with Gasteiger partial charge in [0.2, 0.25) is 5.91 Å². The molecule has 0 fully saturated rings. The summed E-state index contributed by atoms with van der Waals surface area (Å²) >= 11 is 0. The summed E-state index contributed by atoms with van der Waals surface area (Å²) in [5.41, 5.74) is 2.32. The molecule has 3 aromatic carbocycles. The Labute approximate surface area is 208 Å². The van der Waals surface area contributed by atoms with E-state index in [1.165, 1.54) is 30.3 Å². The molecular weight excluding hydrogens is 483 g/mol. The van der Waals surface area contributed by atoms with Crippen LogP contribution in [0.4, 0.5) is 27.4 Å². The van der Waals surface area contributed by atoms with Crippen molar-refractivity contribution < 1.29 is 17.6 Å². The van der Waals surface area contributed by atoms with Gasteiger partial charge in [0, 0.05) is 11.4 Å². The summed E-state index contributed by atoms with van der Waals surface area (Å²) in [5, 5.41) is 5.72. The second-order valence-corrected chi connectivity index (χ2v) is 10.1. The number of para-hydroxylation sites is 2. The van der Waals surface area contributed by atoms with Crippen LogP contribution in [-0.4, -0.2) is 49.8 Å². The Balaban J connectivity index is 1.68. The predicted molar refractivity (Wildman–Crippen MR) is 138 cm³/mol. The van der Waals surface area contributed by atoms with Gasteiger partial charge in [0.15, 0.2) is 11.6 Å². The minimum atomic E-state index is -4.11. The van der Waals surface area contributed by atoms with E-state index in [-0.39, 0.29) is 34.8 Å². The van der Waals surface area contributed by atoms with Crippen molar-refractivity contribution in [1.82, 2.24) is 14.9 Å². The van der Waals surface area contributed by atoms with Crippen LogP contribution >= 0.6 is 0 Å². The first-order valence-corrected chi connectivity index (χ1v) is 12.5. The van der Waals surface area contributed by atoms with Gasteiger partial charge in [-0.3, -0.25) is 9.52 Å². The maximum atomic E-state index is 13.7. The third-order valence-electron chi connectivity index (χ3n) is 5.11. The van der Waals surface area contributed by atoms with E-state index in [0.29, 0.717) is 28.0 Å². The minimum Gasteiger partial charge on any atom is -0.337 e. The Morgan fingerprint density at radius 1 is 0.917 bits per heavy atom. The monoisotopic (exact) mass is 508 g/mol. The molecule has 1 aromatic heterocycles. The van der Waals surface area contributed by atoms with Gasteiger partial charge in [-0.15, -0.1) is 0 Å². The molecule has 0 aliphatic rings. The predicted octanol–water partition coefficient (Wildman–Crippen LogP) is 4.12. The number of halogens is 1. The number of benzene rings is 3. The van der Waals surface area contributed by atoms with Crippen molar-refractivity contribution in [2.45, 2.75) is 11.8 Å². The third-order valence-corrected chi connectivity index (χ3v) is 6.45. The number of anilines is 4. The topological polar surface area (TPSA) is 116 Å².